The number of amides is 1. The van der Waals surface area contributed by atoms with Crippen LogP contribution in [0.5, 0.6) is 0 Å². The summed E-state index contributed by atoms with van der Waals surface area (Å²) in [4.78, 5) is 15.1. The van der Waals surface area contributed by atoms with Gasteiger partial charge >= 0.3 is 0 Å². The number of nitrogens with zero attached hydrogens (tertiary/aromatic N) is 5. The molecule has 1 saturated carbocycles. The summed E-state index contributed by atoms with van der Waals surface area (Å²) in [6.07, 6.45) is 2.20. The second-order valence-electron chi connectivity index (χ2n) is 7.36. The summed E-state index contributed by atoms with van der Waals surface area (Å²) < 4.78 is 7.32. The highest BCUT2D eigenvalue weighted by atomic mass is 35.5. The van der Waals surface area contributed by atoms with E-state index in [0.717, 1.165) is 31.5 Å². The molecule has 2 fully saturated rings. The van der Waals surface area contributed by atoms with Crippen LogP contribution in [0.3, 0.4) is 0 Å². The number of benzene rings is 1. The lowest BCUT2D eigenvalue weighted by atomic mass is 10.0. The molecule has 1 amide bonds. The fraction of sp³-hybridized carbons (Fsp3) is 0.579. The molecule has 1 aliphatic carbocycles. The molecule has 10 heteroatoms. The Hall–Kier alpha value is -1.68. The van der Waals surface area contributed by atoms with E-state index in [0.29, 0.717) is 36.0 Å². The lowest BCUT2D eigenvalue weighted by Crippen LogP contribution is -2.44. The van der Waals surface area contributed by atoms with Gasteiger partial charge < -0.3 is 10.1 Å². The average molecular weight is 437 g/mol. The second-order valence-corrected chi connectivity index (χ2v) is 9.10. The average Bonchev–Trinajstić information content (AvgIpc) is 3.49. The maximum atomic E-state index is 12.8. The summed E-state index contributed by atoms with van der Waals surface area (Å²) >= 11 is 7.46. The highest BCUT2D eigenvalue weighted by Gasteiger charge is 2.30. The molecule has 1 saturated heterocycles. The molecule has 2 atom stereocenters. The van der Waals surface area contributed by atoms with Gasteiger partial charge in [0.15, 0.2) is 0 Å². The maximum absolute atomic E-state index is 12.8. The van der Waals surface area contributed by atoms with Gasteiger partial charge in [-0.3, -0.25) is 9.69 Å². The minimum Gasteiger partial charge on any atom is -0.379 e. The fourth-order valence-electron chi connectivity index (χ4n) is 3.40. The number of nitrogens with one attached hydrogen (secondary N) is 1. The van der Waals surface area contributed by atoms with Gasteiger partial charge in [-0.2, -0.15) is 0 Å². The number of carbonyl (C=O) groups excluding carboxylic acids is 1. The van der Waals surface area contributed by atoms with Gasteiger partial charge in [0.2, 0.25) is 11.1 Å². The normalized spacial score (nSPS) is 19.7. The van der Waals surface area contributed by atoms with E-state index in [1.165, 1.54) is 11.8 Å². The first-order valence-corrected chi connectivity index (χ1v) is 11.2. The Balaban J connectivity index is 1.38. The summed E-state index contributed by atoms with van der Waals surface area (Å²) in [6, 6.07) is 8.30. The number of tetrazole rings is 1. The zero-order valence-corrected chi connectivity index (χ0v) is 17.9. The van der Waals surface area contributed by atoms with E-state index < -0.39 is 0 Å². The molecule has 2 heterocycles. The number of thioether (sulfide) groups is 1. The molecule has 0 bridgehead atoms. The van der Waals surface area contributed by atoms with Crippen molar-refractivity contribution in [2.24, 2.45) is 0 Å². The quantitative estimate of drug-likeness (QED) is 0.635. The molecular weight excluding hydrogens is 412 g/mol. The van der Waals surface area contributed by atoms with E-state index in [4.69, 9.17) is 16.3 Å². The summed E-state index contributed by atoms with van der Waals surface area (Å²) in [5, 5.41) is 16.1. The van der Waals surface area contributed by atoms with Crippen molar-refractivity contribution in [2.75, 3.05) is 32.8 Å². The van der Waals surface area contributed by atoms with E-state index in [1.807, 2.05) is 35.9 Å². The standard InChI is InChI=1S/C19H25ClN6O2S/c1-13(29-19-22-23-24-26(19)16-6-7-16)18(27)21-12-17(25-8-10-28-11-9-25)14-2-4-15(20)5-3-14/h2-5,13,16-17H,6-12H2,1H3,(H,21,27). The predicted octanol–water partition coefficient (Wildman–Crippen LogP) is 2.33. The van der Waals surface area contributed by atoms with Crippen molar-refractivity contribution in [1.29, 1.82) is 0 Å². The van der Waals surface area contributed by atoms with Gasteiger partial charge in [0.05, 0.1) is 30.5 Å². The van der Waals surface area contributed by atoms with Gasteiger partial charge in [0, 0.05) is 24.7 Å². The summed E-state index contributed by atoms with van der Waals surface area (Å²) in [5.41, 5.74) is 1.13. The van der Waals surface area contributed by atoms with E-state index in [9.17, 15) is 4.79 Å². The van der Waals surface area contributed by atoms with Gasteiger partial charge in [-0.1, -0.05) is 35.5 Å². The molecule has 2 aliphatic rings. The van der Waals surface area contributed by atoms with Crippen LogP contribution in [0.15, 0.2) is 29.4 Å². The van der Waals surface area contributed by atoms with Crippen molar-refractivity contribution in [3.8, 4) is 0 Å². The number of morpholine rings is 1. The van der Waals surface area contributed by atoms with Crippen molar-refractivity contribution < 1.29 is 9.53 Å². The minimum absolute atomic E-state index is 0.0208. The zero-order valence-electron chi connectivity index (χ0n) is 16.3. The number of hydrogen-bond donors (Lipinski definition) is 1. The number of halogens is 1. The molecule has 0 radical (unpaired) electrons. The first-order valence-electron chi connectivity index (χ1n) is 9.91. The third-order valence-corrected chi connectivity index (χ3v) is 6.52. The number of carbonyl (C=O) groups is 1. The van der Waals surface area contributed by atoms with Crippen LogP contribution >= 0.6 is 23.4 Å². The molecule has 2 aromatic rings. The van der Waals surface area contributed by atoms with Crippen LogP contribution in [0.25, 0.3) is 0 Å². The summed E-state index contributed by atoms with van der Waals surface area (Å²) in [5.74, 6) is -0.0208. The molecule has 8 nitrogen and oxygen atoms in total. The molecule has 156 valence electrons. The number of ether oxygens (including phenoxy) is 1. The maximum Gasteiger partial charge on any atom is 0.233 e. The molecule has 1 aromatic heterocycles. The highest BCUT2D eigenvalue weighted by molar-refractivity contribution is 8.00. The smallest absolute Gasteiger partial charge is 0.233 e. The Morgan fingerprint density at radius 2 is 2.03 bits per heavy atom. The summed E-state index contributed by atoms with van der Waals surface area (Å²) in [6.45, 7) is 5.49. The van der Waals surface area contributed by atoms with E-state index in [-0.39, 0.29) is 17.2 Å². The molecular formula is C19H25ClN6O2S. The molecule has 29 heavy (non-hydrogen) atoms. The van der Waals surface area contributed by atoms with Gasteiger partial charge in [-0.25, -0.2) is 4.68 Å². The highest BCUT2D eigenvalue weighted by Crippen LogP contribution is 2.37. The number of hydrogen-bond acceptors (Lipinski definition) is 7. The second kappa shape index (κ2) is 9.42. The van der Waals surface area contributed by atoms with Crippen LogP contribution in [-0.4, -0.2) is 69.1 Å². The van der Waals surface area contributed by atoms with E-state index in [2.05, 4.69) is 25.7 Å². The largest absolute Gasteiger partial charge is 0.379 e. The van der Waals surface area contributed by atoms with Crippen molar-refractivity contribution in [2.45, 2.75) is 42.3 Å². The van der Waals surface area contributed by atoms with Crippen LogP contribution in [0, 0.1) is 0 Å². The zero-order chi connectivity index (χ0) is 20.2. The number of aromatic nitrogens is 4. The first kappa shape index (κ1) is 20.6. The van der Waals surface area contributed by atoms with E-state index >= 15 is 0 Å². The molecule has 0 spiro atoms. The van der Waals surface area contributed by atoms with Crippen LogP contribution in [-0.2, 0) is 9.53 Å². The van der Waals surface area contributed by atoms with Gasteiger partial charge in [0.1, 0.15) is 0 Å². The Bertz CT molecular complexity index is 822. The molecule has 4 rings (SSSR count). The SMILES string of the molecule is CC(Sc1nnnn1C1CC1)C(=O)NCC(c1ccc(Cl)cc1)N1CCOCC1. The fourth-order valence-corrected chi connectivity index (χ4v) is 4.41. The van der Waals surface area contributed by atoms with Crippen LogP contribution in [0.2, 0.25) is 5.02 Å². The Morgan fingerprint density at radius 1 is 1.31 bits per heavy atom. The Kier molecular flexibility index (Phi) is 6.69. The molecule has 1 aromatic carbocycles. The molecule has 1 N–H and O–H groups in total. The topological polar surface area (TPSA) is 85.2 Å². The third kappa shape index (κ3) is 5.28. The molecule has 1 aliphatic heterocycles. The van der Waals surface area contributed by atoms with Crippen LogP contribution in [0.4, 0.5) is 0 Å². The number of rotatable bonds is 8. The lowest BCUT2D eigenvalue weighted by molar-refractivity contribution is -0.120. The van der Waals surface area contributed by atoms with E-state index in [1.54, 1.807) is 0 Å². The van der Waals surface area contributed by atoms with Crippen molar-refractivity contribution in [3.05, 3.63) is 34.9 Å². The first-order chi connectivity index (χ1) is 14.1. The van der Waals surface area contributed by atoms with Gasteiger partial charge in [-0.15, -0.1) is 5.10 Å². The monoisotopic (exact) mass is 436 g/mol. The van der Waals surface area contributed by atoms with Gasteiger partial charge in [-0.05, 0) is 47.9 Å². The molecule has 2 unspecified atom stereocenters. The van der Waals surface area contributed by atoms with Crippen LogP contribution in [0.1, 0.15) is 37.4 Å². The van der Waals surface area contributed by atoms with Crippen molar-refractivity contribution in [3.63, 3.8) is 0 Å². The van der Waals surface area contributed by atoms with Gasteiger partial charge in [0.25, 0.3) is 0 Å². The van der Waals surface area contributed by atoms with Crippen molar-refractivity contribution >= 4 is 29.3 Å². The summed E-state index contributed by atoms with van der Waals surface area (Å²) in [7, 11) is 0. The van der Waals surface area contributed by atoms with Crippen molar-refractivity contribution in [1.82, 2.24) is 30.4 Å². The van der Waals surface area contributed by atoms with Crippen LogP contribution < -0.4 is 5.32 Å². The third-order valence-electron chi connectivity index (χ3n) is 5.22. The minimum atomic E-state index is -0.283. The Morgan fingerprint density at radius 3 is 2.72 bits per heavy atom. The Labute approximate surface area is 179 Å². The lowest BCUT2D eigenvalue weighted by Gasteiger charge is -2.35. The predicted molar refractivity (Wildman–Crippen MR) is 111 cm³/mol.